The van der Waals surface area contributed by atoms with E-state index < -0.39 is 17.6 Å². The fourth-order valence-electron chi connectivity index (χ4n) is 1.45. The lowest BCUT2D eigenvalue weighted by Crippen LogP contribution is -2.15. The molecule has 0 spiro atoms. The number of nitrogens with zero attached hydrogens (tertiary/aromatic N) is 2. The van der Waals surface area contributed by atoms with Crippen LogP contribution in [-0.2, 0) is 6.18 Å². The molecule has 0 radical (unpaired) electrons. The van der Waals surface area contributed by atoms with E-state index in [1.165, 1.54) is 18.5 Å². The number of hydrogen-bond donors (Lipinski definition) is 1. The van der Waals surface area contributed by atoms with Crippen molar-refractivity contribution in [3.63, 3.8) is 0 Å². The van der Waals surface area contributed by atoms with Gasteiger partial charge in [-0.25, -0.2) is 9.97 Å². The second-order valence-electron chi connectivity index (χ2n) is 3.87. The van der Waals surface area contributed by atoms with Crippen molar-refractivity contribution < 1.29 is 18.0 Å². The van der Waals surface area contributed by atoms with Crippen LogP contribution in [0.15, 0.2) is 35.1 Å². The molecule has 2 rings (SSSR count). The number of hydrogen-bond acceptors (Lipinski definition) is 3. The van der Waals surface area contributed by atoms with Gasteiger partial charge in [-0.3, -0.25) is 4.79 Å². The highest BCUT2D eigenvalue weighted by molar-refractivity contribution is 9.10. The van der Waals surface area contributed by atoms with Gasteiger partial charge in [-0.05, 0) is 18.2 Å². The molecule has 21 heavy (non-hydrogen) atoms. The molecular formula is C12H6BrClF3N3O. The maximum absolute atomic E-state index is 12.8. The monoisotopic (exact) mass is 379 g/mol. The van der Waals surface area contributed by atoms with E-state index in [0.717, 1.165) is 12.1 Å². The Morgan fingerprint density at radius 2 is 1.95 bits per heavy atom. The van der Waals surface area contributed by atoms with Crippen molar-refractivity contribution in [3.05, 3.63) is 51.3 Å². The minimum Gasteiger partial charge on any atom is -0.305 e. The van der Waals surface area contributed by atoms with Crippen LogP contribution in [0, 0.1) is 0 Å². The number of benzene rings is 1. The Balaban J connectivity index is 2.25. The van der Waals surface area contributed by atoms with Gasteiger partial charge in [0.1, 0.15) is 5.15 Å². The van der Waals surface area contributed by atoms with Crippen LogP contribution in [0.1, 0.15) is 15.9 Å². The van der Waals surface area contributed by atoms with Crippen LogP contribution in [0.2, 0.25) is 5.15 Å². The first kappa shape index (κ1) is 15.7. The minimum absolute atomic E-state index is 0.0841. The van der Waals surface area contributed by atoms with E-state index in [9.17, 15) is 18.0 Å². The molecule has 0 saturated carbocycles. The number of nitrogens with one attached hydrogen (secondary N) is 1. The summed E-state index contributed by atoms with van der Waals surface area (Å²) in [5.74, 6) is -0.648. The third-order valence-electron chi connectivity index (χ3n) is 2.40. The lowest BCUT2D eigenvalue weighted by Gasteiger charge is -2.11. The average molecular weight is 381 g/mol. The smallest absolute Gasteiger partial charge is 0.305 e. The Morgan fingerprint density at radius 1 is 1.24 bits per heavy atom. The van der Waals surface area contributed by atoms with Crippen LogP contribution < -0.4 is 5.32 Å². The Hall–Kier alpha value is -1.67. The molecule has 0 aliphatic rings. The Morgan fingerprint density at radius 3 is 2.52 bits per heavy atom. The molecular weight excluding hydrogens is 375 g/mol. The topological polar surface area (TPSA) is 54.9 Å². The number of anilines is 1. The van der Waals surface area contributed by atoms with Crippen molar-refractivity contribution in [1.29, 1.82) is 0 Å². The minimum atomic E-state index is -4.56. The zero-order valence-corrected chi connectivity index (χ0v) is 12.4. The highest BCUT2D eigenvalue weighted by Crippen LogP contribution is 2.35. The summed E-state index contributed by atoms with van der Waals surface area (Å²) in [5, 5.41) is 2.46. The molecule has 0 unspecified atom stereocenters. The molecule has 1 aromatic carbocycles. The molecule has 0 fully saturated rings. The van der Waals surface area contributed by atoms with Crippen molar-refractivity contribution in [2.75, 3.05) is 5.32 Å². The first-order chi connectivity index (χ1) is 9.77. The third kappa shape index (κ3) is 3.92. The van der Waals surface area contributed by atoms with Gasteiger partial charge >= 0.3 is 6.18 Å². The molecule has 9 heteroatoms. The number of carbonyl (C=O) groups excluding carboxylic acids is 1. The highest BCUT2D eigenvalue weighted by atomic mass is 79.9. The third-order valence-corrected chi connectivity index (χ3v) is 3.28. The van der Waals surface area contributed by atoms with Crippen LogP contribution in [0.3, 0.4) is 0 Å². The zero-order valence-electron chi connectivity index (χ0n) is 10.1. The molecule has 4 nitrogen and oxygen atoms in total. The quantitative estimate of drug-likeness (QED) is 0.851. The molecule has 0 bridgehead atoms. The summed E-state index contributed by atoms with van der Waals surface area (Å²) < 4.78 is 38.2. The van der Waals surface area contributed by atoms with Crippen molar-refractivity contribution in [1.82, 2.24) is 9.97 Å². The summed E-state index contributed by atoms with van der Waals surface area (Å²) in [5.41, 5.74) is -1.08. The predicted octanol–water partition coefficient (Wildman–Crippen LogP) is 4.16. The average Bonchev–Trinajstić information content (AvgIpc) is 2.40. The first-order valence-electron chi connectivity index (χ1n) is 5.43. The molecule has 0 atom stereocenters. The molecule has 1 N–H and O–H groups in total. The van der Waals surface area contributed by atoms with E-state index in [-0.39, 0.29) is 21.0 Å². The fourth-order valence-corrected chi connectivity index (χ4v) is 2.02. The van der Waals surface area contributed by atoms with E-state index in [1.807, 2.05) is 0 Å². The summed E-state index contributed by atoms with van der Waals surface area (Å²) in [6.07, 6.45) is -2.15. The molecule has 1 aromatic heterocycles. The van der Waals surface area contributed by atoms with Crippen molar-refractivity contribution in [2.24, 2.45) is 0 Å². The molecule has 110 valence electrons. The van der Waals surface area contributed by atoms with Crippen molar-refractivity contribution in [2.45, 2.75) is 6.18 Å². The van der Waals surface area contributed by atoms with Crippen LogP contribution >= 0.6 is 27.5 Å². The number of carbonyl (C=O) groups is 1. The van der Waals surface area contributed by atoms with E-state index in [2.05, 4.69) is 31.2 Å². The van der Waals surface area contributed by atoms with E-state index in [0.29, 0.717) is 0 Å². The number of rotatable bonds is 2. The number of amides is 1. The Labute approximate surface area is 130 Å². The zero-order chi connectivity index (χ0) is 15.6. The molecule has 1 heterocycles. The number of aromatic nitrogens is 2. The van der Waals surface area contributed by atoms with Gasteiger partial charge in [0.2, 0.25) is 0 Å². The first-order valence-corrected chi connectivity index (χ1v) is 6.60. The number of halogens is 5. The summed E-state index contributed by atoms with van der Waals surface area (Å²) in [6.45, 7) is 0. The van der Waals surface area contributed by atoms with Gasteiger partial charge in [-0.1, -0.05) is 27.5 Å². The van der Waals surface area contributed by atoms with Gasteiger partial charge < -0.3 is 5.32 Å². The van der Waals surface area contributed by atoms with Crippen LogP contribution in [0.5, 0.6) is 0 Å². The van der Waals surface area contributed by atoms with Gasteiger partial charge in [0.15, 0.2) is 5.82 Å². The van der Waals surface area contributed by atoms with Crippen LogP contribution in [0.25, 0.3) is 0 Å². The van der Waals surface area contributed by atoms with Crippen molar-refractivity contribution >= 4 is 39.3 Å². The Bertz CT molecular complexity index is 676. The van der Waals surface area contributed by atoms with Gasteiger partial charge in [0.05, 0.1) is 18.0 Å². The summed E-state index contributed by atoms with van der Waals surface area (Å²) in [7, 11) is 0. The molecule has 1 amide bonds. The van der Waals surface area contributed by atoms with Crippen molar-refractivity contribution in [3.8, 4) is 0 Å². The molecule has 0 aliphatic carbocycles. The second-order valence-corrected chi connectivity index (χ2v) is 5.11. The van der Waals surface area contributed by atoms with E-state index in [4.69, 9.17) is 11.6 Å². The van der Waals surface area contributed by atoms with Gasteiger partial charge in [0, 0.05) is 10.0 Å². The summed E-state index contributed by atoms with van der Waals surface area (Å²) in [4.78, 5) is 19.4. The normalized spacial score (nSPS) is 11.3. The fraction of sp³-hybridized carbons (Fsp3) is 0.0833. The van der Waals surface area contributed by atoms with Crippen LogP contribution in [0.4, 0.5) is 19.0 Å². The predicted molar refractivity (Wildman–Crippen MR) is 74.1 cm³/mol. The Kier molecular flexibility index (Phi) is 4.48. The lowest BCUT2D eigenvalue weighted by atomic mass is 10.1. The second kappa shape index (κ2) is 5.98. The lowest BCUT2D eigenvalue weighted by molar-refractivity contribution is -0.138. The highest BCUT2D eigenvalue weighted by Gasteiger charge is 2.33. The number of alkyl halides is 3. The molecule has 0 saturated heterocycles. The van der Waals surface area contributed by atoms with E-state index >= 15 is 0 Å². The maximum Gasteiger partial charge on any atom is 0.417 e. The summed E-state index contributed by atoms with van der Waals surface area (Å²) in [6, 6.07) is 3.17. The van der Waals surface area contributed by atoms with Crippen LogP contribution in [-0.4, -0.2) is 15.9 Å². The van der Waals surface area contributed by atoms with E-state index in [1.54, 1.807) is 0 Å². The van der Waals surface area contributed by atoms with Gasteiger partial charge in [-0.15, -0.1) is 0 Å². The molecule has 0 aliphatic heterocycles. The summed E-state index contributed by atoms with van der Waals surface area (Å²) >= 11 is 8.34. The largest absolute Gasteiger partial charge is 0.417 e. The molecule has 2 aromatic rings. The van der Waals surface area contributed by atoms with Gasteiger partial charge in [0.25, 0.3) is 5.91 Å². The SMILES string of the molecule is O=C(Nc1cnc(Cl)cn1)c1ccc(Br)c(C(F)(F)F)c1. The van der Waals surface area contributed by atoms with Gasteiger partial charge in [-0.2, -0.15) is 13.2 Å². The maximum atomic E-state index is 12.8. The standard InChI is InChI=1S/C12H6BrClF3N3O/c13-8-2-1-6(3-7(8)12(15,16)17)11(21)20-10-5-18-9(14)4-19-10/h1-5H,(H,19,20,21).